The van der Waals surface area contributed by atoms with E-state index in [9.17, 15) is 10.1 Å². The Kier molecular flexibility index (Phi) is 4.16. The number of non-ortho nitro benzene ring substituents is 1. The van der Waals surface area contributed by atoms with Gasteiger partial charge in [0.25, 0.3) is 5.69 Å². The molecular formula is C7H7HgNO3+. The Morgan fingerprint density at radius 3 is 2.50 bits per heavy atom. The number of nitrogens with zero attached hydrogens (tertiary/aromatic N) is 1. The first-order valence-corrected chi connectivity index (χ1v) is 3.05. The van der Waals surface area contributed by atoms with Crippen LogP contribution in [0.4, 0.5) is 5.69 Å². The van der Waals surface area contributed by atoms with Crippen LogP contribution in [0.1, 0.15) is 5.56 Å². The summed E-state index contributed by atoms with van der Waals surface area (Å²) in [4.78, 5) is 9.62. The van der Waals surface area contributed by atoms with Crippen LogP contribution in [0.3, 0.4) is 0 Å². The van der Waals surface area contributed by atoms with Gasteiger partial charge >= 0.3 is 27.7 Å². The van der Waals surface area contributed by atoms with Crippen molar-refractivity contribution in [1.29, 1.82) is 0 Å². The molecule has 1 radical (unpaired) electrons. The summed E-state index contributed by atoms with van der Waals surface area (Å²) in [7, 11) is 0. The van der Waals surface area contributed by atoms with Gasteiger partial charge in [-0.05, 0) is 18.6 Å². The van der Waals surface area contributed by atoms with E-state index in [2.05, 4.69) is 0 Å². The quantitative estimate of drug-likeness (QED) is 0.474. The molecule has 0 aliphatic rings. The second kappa shape index (κ2) is 4.40. The second-order valence-corrected chi connectivity index (χ2v) is 2.23. The van der Waals surface area contributed by atoms with E-state index in [0.717, 1.165) is 6.07 Å². The summed E-state index contributed by atoms with van der Waals surface area (Å²) in [6.45, 7) is 1.68. The van der Waals surface area contributed by atoms with Gasteiger partial charge in [-0.15, -0.1) is 0 Å². The number of nitro groups is 1. The van der Waals surface area contributed by atoms with Gasteiger partial charge in [-0.2, -0.15) is 0 Å². The molecule has 1 N–H and O–H groups in total. The first-order valence-electron chi connectivity index (χ1n) is 3.05. The zero-order valence-electron chi connectivity index (χ0n) is 6.65. The van der Waals surface area contributed by atoms with Crippen molar-refractivity contribution < 1.29 is 37.7 Å². The normalized spacial score (nSPS) is 8.75. The number of phenolic OH excluding ortho intramolecular Hbond substituents is 1. The number of aromatic hydroxyl groups is 1. The topological polar surface area (TPSA) is 63.4 Å². The van der Waals surface area contributed by atoms with Crippen molar-refractivity contribution in [2.24, 2.45) is 0 Å². The summed E-state index contributed by atoms with van der Waals surface area (Å²) >= 11 is 0. The fourth-order valence-corrected chi connectivity index (χ4v) is 0.711. The second-order valence-electron chi connectivity index (χ2n) is 2.23. The first-order chi connectivity index (χ1) is 5.11. The Bertz CT molecular complexity index is 301. The smallest absolute Gasteiger partial charge is 0.507 e. The van der Waals surface area contributed by atoms with E-state index < -0.39 is 4.92 Å². The van der Waals surface area contributed by atoms with E-state index >= 15 is 0 Å². The zero-order valence-corrected chi connectivity index (χ0v) is 12.1. The maximum absolute atomic E-state index is 10.2. The fraction of sp³-hybridized carbons (Fsp3) is 0.143. The molecule has 0 saturated heterocycles. The van der Waals surface area contributed by atoms with Gasteiger partial charge in [-0.25, -0.2) is 0 Å². The molecule has 1 rings (SSSR count). The molecule has 1 aromatic rings. The van der Waals surface area contributed by atoms with Gasteiger partial charge in [0.1, 0.15) is 5.75 Å². The Balaban J connectivity index is 0.00000121. The number of aryl methyl sites for hydroxylation is 1. The zero-order chi connectivity index (χ0) is 8.43. The molecule has 59 valence electrons. The number of rotatable bonds is 1. The number of hydrogen-bond acceptors (Lipinski definition) is 3. The maximum atomic E-state index is 10.2. The molecule has 4 nitrogen and oxygen atoms in total. The molecule has 1 aromatic carbocycles. The van der Waals surface area contributed by atoms with Crippen LogP contribution in [0.2, 0.25) is 0 Å². The molecule has 0 amide bonds. The minimum Gasteiger partial charge on any atom is -0.507 e. The third-order valence-electron chi connectivity index (χ3n) is 1.40. The molecule has 0 aromatic heterocycles. The molecule has 0 spiro atoms. The molecule has 5 heteroatoms. The molecule has 0 fully saturated rings. The van der Waals surface area contributed by atoms with Crippen molar-refractivity contribution in [2.45, 2.75) is 6.92 Å². The third kappa shape index (κ3) is 2.44. The Morgan fingerprint density at radius 1 is 1.50 bits per heavy atom. The summed E-state index contributed by atoms with van der Waals surface area (Å²) in [5, 5.41) is 19.2. The number of nitro benzene ring substituents is 1. The molecule has 0 bridgehead atoms. The average molecular weight is 354 g/mol. The van der Waals surface area contributed by atoms with Crippen LogP contribution in [0, 0.1) is 17.0 Å². The summed E-state index contributed by atoms with van der Waals surface area (Å²) in [6.07, 6.45) is 0. The molecule has 0 aliphatic carbocycles. The van der Waals surface area contributed by atoms with Crippen LogP contribution in [0.25, 0.3) is 0 Å². The van der Waals surface area contributed by atoms with Gasteiger partial charge in [0.2, 0.25) is 0 Å². The molecular weight excluding hydrogens is 347 g/mol. The standard InChI is InChI=1S/C7H7NO3.Hg/c1-5-2-3-6(8(10)11)4-7(5)9;/h2-4,9H,1H3;/q;+1. The van der Waals surface area contributed by atoms with Gasteiger partial charge in [-0.3, -0.25) is 10.1 Å². The predicted molar refractivity (Wildman–Crippen MR) is 39.5 cm³/mol. The van der Waals surface area contributed by atoms with Gasteiger partial charge in [-0.1, -0.05) is 0 Å². The van der Waals surface area contributed by atoms with Crippen LogP contribution in [0.5, 0.6) is 5.75 Å². The SMILES string of the molecule is Cc1ccc([N+](=O)[O-])cc1O.[Hg+]. The first kappa shape index (κ1) is 11.4. The van der Waals surface area contributed by atoms with Crippen molar-refractivity contribution in [1.82, 2.24) is 0 Å². The largest absolute Gasteiger partial charge is 1.00 e. The Hall–Kier alpha value is -0.645. The van der Waals surface area contributed by atoms with E-state index in [0.29, 0.717) is 5.56 Å². The van der Waals surface area contributed by atoms with Crippen molar-refractivity contribution in [3.63, 3.8) is 0 Å². The molecule has 0 atom stereocenters. The monoisotopic (exact) mass is 355 g/mol. The van der Waals surface area contributed by atoms with E-state index in [1.165, 1.54) is 12.1 Å². The van der Waals surface area contributed by atoms with Gasteiger partial charge < -0.3 is 5.11 Å². The van der Waals surface area contributed by atoms with E-state index in [1.807, 2.05) is 0 Å². The summed E-state index contributed by atoms with van der Waals surface area (Å²) < 4.78 is 0. The molecule has 0 unspecified atom stereocenters. The Labute approximate surface area is 89.9 Å². The number of hydrogen-bond donors (Lipinski definition) is 1. The number of benzene rings is 1. The van der Waals surface area contributed by atoms with Crippen LogP contribution in [-0.4, -0.2) is 10.0 Å². The van der Waals surface area contributed by atoms with E-state index in [4.69, 9.17) is 5.11 Å². The molecule has 0 saturated carbocycles. The molecule has 12 heavy (non-hydrogen) atoms. The van der Waals surface area contributed by atoms with Crippen molar-refractivity contribution in [3.8, 4) is 5.75 Å². The summed E-state index contributed by atoms with van der Waals surface area (Å²) in [5.41, 5.74) is 0.545. The van der Waals surface area contributed by atoms with Crippen molar-refractivity contribution >= 4 is 5.69 Å². The van der Waals surface area contributed by atoms with Gasteiger partial charge in [0.05, 0.1) is 11.0 Å². The van der Waals surface area contributed by atoms with Crippen LogP contribution in [-0.2, 0) is 27.7 Å². The molecule has 0 aliphatic heterocycles. The summed E-state index contributed by atoms with van der Waals surface area (Å²) in [5.74, 6) is -0.0424. The third-order valence-corrected chi connectivity index (χ3v) is 1.40. The van der Waals surface area contributed by atoms with Crippen molar-refractivity contribution in [2.75, 3.05) is 0 Å². The minimum absolute atomic E-state index is 0. The average Bonchev–Trinajstić information content (AvgIpc) is 1.94. The molecule has 0 heterocycles. The fourth-order valence-electron chi connectivity index (χ4n) is 0.711. The van der Waals surface area contributed by atoms with Crippen LogP contribution < -0.4 is 0 Å². The minimum atomic E-state index is -0.542. The number of phenols is 1. The van der Waals surface area contributed by atoms with Gasteiger partial charge in [0, 0.05) is 6.07 Å². The van der Waals surface area contributed by atoms with Crippen LogP contribution in [0.15, 0.2) is 18.2 Å². The van der Waals surface area contributed by atoms with E-state index in [1.54, 1.807) is 6.92 Å². The Morgan fingerprint density at radius 2 is 2.08 bits per heavy atom. The van der Waals surface area contributed by atoms with Gasteiger partial charge in [0.15, 0.2) is 0 Å². The van der Waals surface area contributed by atoms with E-state index in [-0.39, 0.29) is 39.1 Å². The van der Waals surface area contributed by atoms with Crippen LogP contribution >= 0.6 is 0 Å². The summed E-state index contributed by atoms with van der Waals surface area (Å²) in [6, 6.07) is 4.00. The predicted octanol–water partition coefficient (Wildman–Crippen LogP) is 1.61. The van der Waals surface area contributed by atoms with Crippen molar-refractivity contribution in [3.05, 3.63) is 33.9 Å². The maximum Gasteiger partial charge on any atom is 1.00 e.